The molecule has 2 aromatic carbocycles. The Hall–Kier alpha value is -4.04. The van der Waals surface area contributed by atoms with Crippen LogP contribution in [-0.4, -0.2) is 25.8 Å². The molecule has 7 nitrogen and oxygen atoms in total. The molecule has 0 bridgehead atoms. The molecule has 5 rings (SSSR count). The molecule has 3 aromatic heterocycles. The van der Waals surface area contributed by atoms with Crippen molar-refractivity contribution in [2.24, 2.45) is 0 Å². The number of halogens is 1. The summed E-state index contributed by atoms with van der Waals surface area (Å²) in [5.41, 5.74) is 5.54. The fourth-order valence-electron chi connectivity index (χ4n) is 3.47. The first-order valence-corrected chi connectivity index (χ1v) is 11.1. The molecule has 0 saturated heterocycles. The zero-order chi connectivity index (χ0) is 22.8. The molecular weight excluding hydrogens is 480 g/mol. The van der Waals surface area contributed by atoms with Crippen LogP contribution in [0.1, 0.15) is 16.1 Å². The maximum absolute atomic E-state index is 12.8. The Labute approximate surface area is 198 Å². The van der Waals surface area contributed by atoms with Gasteiger partial charge in [0.05, 0.1) is 5.69 Å². The summed E-state index contributed by atoms with van der Waals surface area (Å²) in [5, 5.41) is 7.17. The fraction of sp³-hybridized carbons (Fsp3) is 0.0400. The number of hydrogen-bond acceptors (Lipinski definition) is 5. The van der Waals surface area contributed by atoms with Crippen LogP contribution in [0.3, 0.4) is 0 Å². The lowest BCUT2D eigenvalue weighted by molar-refractivity contribution is 0.102. The highest BCUT2D eigenvalue weighted by Crippen LogP contribution is 2.25. The molecule has 0 atom stereocenters. The van der Waals surface area contributed by atoms with E-state index in [2.05, 4.69) is 46.5 Å². The first-order chi connectivity index (χ1) is 16.0. The van der Waals surface area contributed by atoms with E-state index in [9.17, 15) is 4.79 Å². The lowest BCUT2D eigenvalue weighted by Gasteiger charge is -2.12. The lowest BCUT2D eigenvalue weighted by Crippen LogP contribution is -2.12. The second-order valence-corrected chi connectivity index (χ2v) is 8.45. The Morgan fingerprint density at radius 1 is 1.03 bits per heavy atom. The number of carbonyl (C=O) groups is 1. The van der Waals surface area contributed by atoms with Gasteiger partial charge in [0, 0.05) is 50.9 Å². The highest BCUT2D eigenvalue weighted by Gasteiger charge is 2.12. The maximum Gasteiger partial charge on any atom is 0.272 e. The van der Waals surface area contributed by atoms with Gasteiger partial charge in [-0.05, 0) is 67.1 Å². The van der Waals surface area contributed by atoms with Crippen molar-refractivity contribution in [3.8, 4) is 11.3 Å². The van der Waals surface area contributed by atoms with Crippen LogP contribution in [-0.2, 0) is 0 Å². The molecule has 0 saturated carbocycles. The highest BCUT2D eigenvalue weighted by molar-refractivity contribution is 9.10. The van der Waals surface area contributed by atoms with Crippen molar-refractivity contribution in [3.63, 3.8) is 0 Å². The van der Waals surface area contributed by atoms with E-state index in [4.69, 9.17) is 0 Å². The van der Waals surface area contributed by atoms with Gasteiger partial charge in [-0.25, -0.2) is 9.97 Å². The van der Waals surface area contributed by atoms with Gasteiger partial charge in [-0.3, -0.25) is 9.78 Å². The molecule has 0 spiro atoms. The number of aryl methyl sites for hydroxylation is 1. The summed E-state index contributed by atoms with van der Waals surface area (Å²) >= 11 is 3.46. The number of H-pyrrole nitrogens is 1. The normalized spacial score (nSPS) is 10.8. The Kier molecular flexibility index (Phi) is 5.58. The van der Waals surface area contributed by atoms with Crippen LogP contribution >= 0.6 is 15.9 Å². The summed E-state index contributed by atoms with van der Waals surface area (Å²) in [7, 11) is 0. The van der Waals surface area contributed by atoms with Gasteiger partial charge in [0.1, 0.15) is 5.69 Å². The number of hydrogen-bond donors (Lipinski definition) is 3. The molecule has 0 fully saturated rings. The van der Waals surface area contributed by atoms with Gasteiger partial charge < -0.3 is 15.6 Å². The topological polar surface area (TPSA) is 95.6 Å². The molecule has 0 aliphatic heterocycles. The van der Waals surface area contributed by atoms with Crippen molar-refractivity contribution >= 4 is 50.1 Å². The SMILES string of the molecule is Cc1ccc(NC(=O)c2cc3cc(Br)ccc3[nH]2)cc1Nc1nccc(-c2cccnc2)n1. The molecule has 5 aromatic rings. The van der Waals surface area contributed by atoms with E-state index < -0.39 is 0 Å². The summed E-state index contributed by atoms with van der Waals surface area (Å²) in [6.45, 7) is 1.98. The number of aromatic nitrogens is 4. The summed E-state index contributed by atoms with van der Waals surface area (Å²) in [6, 6.07) is 19.0. The minimum Gasteiger partial charge on any atom is -0.351 e. The predicted molar refractivity (Wildman–Crippen MR) is 134 cm³/mol. The number of carbonyl (C=O) groups excluding carboxylic acids is 1. The molecule has 0 unspecified atom stereocenters. The highest BCUT2D eigenvalue weighted by atomic mass is 79.9. The van der Waals surface area contributed by atoms with E-state index in [0.29, 0.717) is 17.3 Å². The lowest BCUT2D eigenvalue weighted by atomic mass is 10.1. The van der Waals surface area contributed by atoms with Crippen LogP contribution in [0.5, 0.6) is 0 Å². The van der Waals surface area contributed by atoms with Gasteiger partial charge in [-0.2, -0.15) is 0 Å². The number of nitrogens with zero attached hydrogens (tertiary/aromatic N) is 3. The average molecular weight is 499 g/mol. The van der Waals surface area contributed by atoms with E-state index in [1.807, 2.05) is 67.6 Å². The van der Waals surface area contributed by atoms with Crippen molar-refractivity contribution < 1.29 is 4.79 Å². The van der Waals surface area contributed by atoms with Gasteiger partial charge in [-0.15, -0.1) is 0 Å². The van der Waals surface area contributed by atoms with E-state index in [1.165, 1.54) is 0 Å². The fourth-order valence-corrected chi connectivity index (χ4v) is 3.85. The molecule has 1 amide bonds. The predicted octanol–water partition coefficient (Wildman–Crippen LogP) is 6.09. The summed E-state index contributed by atoms with van der Waals surface area (Å²) < 4.78 is 0.963. The molecule has 0 radical (unpaired) electrons. The van der Waals surface area contributed by atoms with Crippen molar-refractivity contribution in [3.05, 3.63) is 95.0 Å². The molecule has 162 valence electrons. The Morgan fingerprint density at radius 3 is 2.79 bits per heavy atom. The van der Waals surface area contributed by atoms with Gasteiger partial charge in [0.2, 0.25) is 5.95 Å². The number of rotatable bonds is 5. The number of aromatic amines is 1. The van der Waals surface area contributed by atoms with Crippen molar-refractivity contribution in [1.29, 1.82) is 0 Å². The van der Waals surface area contributed by atoms with Crippen LogP contribution in [0, 0.1) is 6.92 Å². The van der Waals surface area contributed by atoms with Gasteiger partial charge in [0.25, 0.3) is 5.91 Å². The third-order valence-electron chi connectivity index (χ3n) is 5.18. The van der Waals surface area contributed by atoms with Gasteiger partial charge >= 0.3 is 0 Å². The number of amides is 1. The summed E-state index contributed by atoms with van der Waals surface area (Å²) in [5.74, 6) is 0.246. The molecule has 0 aliphatic carbocycles. The second kappa shape index (κ2) is 8.84. The first kappa shape index (κ1) is 20.8. The van der Waals surface area contributed by atoms with Crippen LogP contribution in [0.2, 0.25) is 0 Å². The van der Waals surface area contributed by atoms with E-state index in [1.54, 1.807) is 18.6 Å². The van der Waals surface area contributed by atoms with E-state index in [0.717, 1.165) is 37.9 Å². The summed E-state index contributed by atoms with van der Waals surface area (Å²) in [4.78, 5) is 29.0. The van der Waals surface area contributed by atoms with Gasteiger partial charge in [-0.1, -0.05) is 22.0 Å². The first-order valence-electron chi connectivity index (χ1n) is 10.3. The quantitative estimate of drug-likeness (QED) is 0.272. The minimum atomic E-state index is -0.216. The number of nitrogens with one attached hydrogen (secondary N) is 3. The Bertz CT molecular complexity index is 1460. The van der Waals surface area contributed by atoms with Crippen molar-refractivity contribution in [1.82, 2.24) is 19.9 Å². The third-order valence-corrected chi connectivity index (χ3v) is 5.68. The maximum atomic E-state index is 12.8. The second-order valence-electron chi connectivity index (χ2n) is 7.53. The van der Waals surface area contributed by atoms with Crippen LogP contribution in [0.25, 0.3) is 22.2 Å². The van der Waals surface area contributed by atoms with E-state index >= 15 is 0 Å². The zero-order valence-corrected chi connectivity index (χ0v) is 19.2. The number of pyridine rings is 1. The number of fused-ring (bicyclic) bond motifs is 1. The molecule has 3 N–H and O–H groups in total. The molecule has 8 heteroatoms. The molecule has 0 aliphatic rings. The smallest absolute Gasteiger partial charge is 0.272 e. The Balaban J connectivity index is 1.36. The number of benzene rings is 2. The molecular formula is C25H19BrN6O. The Morgan fingerprint density at radius 2 is 1.94 bits per heavy atom. The third kappa shape index (κ3) is 4.61. The summed E-state index contributed by atoms with van der Waals surface area (Å²) in [6.07, 6.45) is 5.19. The van der Waals surface area contributed by atoms with Gasteiger partial charge in [0.15, 0.2) is 0 Å². The largest absolute Gasteiger partial charge is 0.351 e. The van der Waals surface area contributed by atoms with Crippen molar-refractivity contribution in [2.75, 3.05) is 10.6 Å². The average Bonchev–Trinajstić information content (AvgIpc) is 3.25. The molecule has 3 heterocycles. The molecule has 33 heavy (non-hydrogen) atoms. The monoisotopic (exact) mass is 498 g/mol. The van der Waals surface area contributed by atoms with Crippen LogP contribution in [0.15, 0.2) is 83.7 Å². The van der Waals surface area contributed by atoms with E-state index in [-0.39, 0.29) is 5.91 Å². The van der Waals surface area contributed by atoms with Crippen LogP contribution in [0.4, 0.5) is 17.3 Å². The zero-order valence-electron chi connectivity index (χ0n) is 17.6. The van der Waals surface area contributed by atoms with Crippen LogP contribution < -0.4 is 10.6 Å². The number of anilines is 3. The standard InChI is InChI=1S/C25H19BrN6O/c1-15-4-6-19(29-24(33)23-12-17-11-18(26)5-7-20(17)30-23)13-22(15)32-25-28-10-8-21(31-25)16-3-2-9-27-14-16/h2-14,30H,1H3,(H,29,33)(H,28,31,32). The minimum absolute atomic E-state index is 0.216. The van der Waals surface area contributed by atoms with Crippen molar-refractivity contribution in [2.45, 2.75) is 6.92 Å².